The number of alkyl halides is 1. The number of piperidine rings is 1. The number of halogens is 1. The van der Waals surface area contributed by atoms with E-state index in [9.17, 15) is 0 Å². The fraction of sp³-hybridized carbons (Fsp3) is 1.00. The minimum Gasteiger partial charge on any atom is -0.311 e. The van der Waals surface area contributed by atoms with E-state index in [0.717, 1.165) is 25.7 Å². The lowest BCUT2D eigenvalue weighted by molar-refractivity contribution is 0.0184. The largest absolute Gasteiger partial charge is 0.311 e. The van der Waals surface area contributed by atoms with E-state index in [1.165, 1.54) is 38.5 Å². The van der Waals surface area contributed by atoms with Gasteiger partial charge in [-0.05, 0) is 44.4 Å². The van der Waals surface area contributed by atoms with Crippen LogP contribution in [0.1, 0.15) is 64.2 Å². The molecule has 3 aliphatic rings. The summed E-state index contributed by atoms with van der Waals surface area (Å²) in [6, 6.07) is 0.985. The fourth-order valence-electron chi connectivity index (χ4n) is 4.26. The molecule has 16 heavy (non-hydrogen) atoms. The van der Waals surface area contributed by atoms with Gasteiger partial charge in [-0.15, -0.1) is 0 Å². The molecule has 1 N–H and O–H groups in total. The zero-order chi connectivity index (χ0) is 11.0. The molecule has 2 bridgehead atoms. The average Bonchev–Trinajstić information content (AvgIpc) is 2.53. The molecule has 3 rings (SSSR count). The highest BCUT2D eigenvalue weighted by Gasteiger charge is 2.48. The van der Waals surface area contributed by atoms with Gasteiger partial charge in [0.05, 0.1) is 0 Å². The Morgan fingerprint density at radius 1 is 0.812 bits per heavy atom. The van der Waals surface area contributed by atoms with Gasteiger partial charge in [-0.25, -0.2) is 4.39 Å². The molecule has 0 amide bonds. The maximum atomic E-state index is 15.1. The Balaban J connectivity index is 1.71. The molecule has 2 unspecified atom stereocenters. The SMILES string of the molecule is FC1(C2CCCCCC2)CC2CCC(C1)N2. The summed E-state index contributed by atoms with van der Waals surface area (Å²) < 4.78 is 15.1. The lowest BCUT2D eigenvalue weighted by Gasteiger charge is -2.40. The van der Waals surface area contributed by atoms with Crippen LogP contribution in [0, 0.1) is 5.92 Å². The van der Waals surface area contributed by atoms with E-state index in [2.05, 4.69) is 5.32 Å². The van der Waals surface area contributed by atoms with Crippen molar-refractivity contribution < 1.29 is 4.39 Å². The van der Waals surface area contributed by atoms with Gasteiger partial charge in [-0.3, -0.25) is 0 Å². The molecular formula is C14H24FN. The Morgan fingerprint density at radius 2 is 1.38 bits per heavy atom. The first-order valence-electron chi connectivity index (χ1n) is 7.21. The average molecular weight is 225 g/mol. The molecule has 0 aromatic heterocycles. The van der Waals surface area contributed by atoms with Crippen molar-refractivity contribution >= 4 is 0 Å². The van der Waals surface area contributed by atoms with Crippen LogP contribution in [-0.4, -0.2) is 17.8 Å². The standard InChI is InChI=1S/C14H24FN/c15-14(11-5-3-1-2-4-6-11)9-12-7-8-13(10-14)16-12/h11-13,16H,1-10H2. The highest BCUT2D eigenvalue weighted by molar-refractivity contribution is 5.03. The van der Waals surface area contributed by atoms with Gasteiger partial charge < -0.3 is 5.32 Å². The zero-order valence-electron chi connectivity index (χ0n) is 10.2. The Kier molecular flexibility index (Phi) is 2.95. The molecule has 2 aliphatic heterocycles. The third-order valence-electron chi connectivity index (χ3n) is 5.09. The number of hydrogen-bond donors (Lipinski definition) is 1. The third-order valence-corrected chi connectivity index (χ3v) is 5.09. The minimum atomic E-state index is -0.818. The van der Waals surface area contributed by atoms with Crippen LogP contribution in [0.15, 0.2) is 0 Å². The zero-order valence-corrected chi connectivity index (χ0v) is 10.2. The van der Waals surface area contributed by atoms with Crippen LogP contribution in [-0.2, 0) is 0 Å². The van der Waals surface area contributed by atoms with Crippen LogP contribution in [0.25, 0.3) is 0 Å². The van der Waals surface area contributed by atoms with Gasteiger partial charge in [0.15, 0.2) is 0 Å². The van der Waals surface area contributed by atoms with E-state index in [4.69, 9.17) is 0 Å². The normalized spacial score (nSPS) is 45.6. The Morgan fingerprint density at radius 3 is 1.94 bits per heavy atom. The molecule has 2 saturated heterocycles. The van der Waals surface area contributed by atoms with E-state index >= 15 is 4.39 Å². The van der Waals surface area contributed by atoms with E-state index < -0.39 is 5.67 Å². The minimum absolute atomic E-state index is 0.375. The molecule has 1 saturated carbocycles. The van der Waals surface area contributed by atoms with Crippen molar-refractivity contribution in [1.29, 1.82) is 0 Å². The van der Waals surface area contributed by atoms with Crippen LogP contribution < -0.4 is 5.32 Å². The van der Waals surface area contributed by atoms with Crippen LogP contribution in [0.5, 0.6) is 0 Å². The molecular weight excluding hydrogens is 201 g/mol. The number of nitrogens with one attached hydrogen (secondary N) is 1. The maximum Gasteiger partial charge on any atom is 0.116 e. The predicted molar refractivity (Wildman–Crippen MR) is 64.2 cm³/mol. The molecule has 92 valence electrons. The Hall–Kier alpha value is -0.110. The van der Waals surface area contributed by atoms with Crippen molar-refractivity contribution in [3.05, 3.63) is 0 Å². The molecule has 2 heterocycles. The van der Waals surface area contributed by atoms with Gasteiger partial charge in [-0.2, -0.15) is 0 Å². The molecule has 3 fully saturated rings. The van der Waals surface area contributed by atoms with Crippen molar-refractivity contribution in [3.8, 4) is 0 Å². The summed E-state index contributed by atoms with van der Waals surface area (Å²) in [4.78, 5) is 0. The molecule has 2 atom stereocenters. The van der Waals surface area contributed by atoms with Gasteiger partial charge in [0.2, 0.25) is 0 Å². The fourth-order valence-corrected chi connectivity index (χ4v) is 4.26. The molecule has 0 radical (unpaired) electrons. The van der Waals surface area contributed by atoms with Gasteiger partial charge in [-0.1, -0.05) is 25.7 Å². The number of hydrogen-bond acceptors (Lipinski definition) is 1. The smallest absolute Gasteiger partial charge is 0.116 e. The second-order valence-electron chi connectivity index (χ2n) is 6.27. The summed E-state index contributed by atoms with van der Waals surface area (Å²) in [6.45, 7) is 0. The first-order chi connectivity index (χ1) is 7.76. The summed E-state index contributed by atoms with van der Waals surface area (Å²) >= 11 is 0. The molecule has 0 spiro atoms. The first kappa shape index (κ1) is 11.0. The highest BCUT2D eigenvalue weighted by atomic mass is 19.1. The summed E-state index contributed by atoms with van der Waals surface area (Å²) in [7, 11) is 0. The van der Waals surface area contributed by atoms with Gasteiger partial charge in [0.25, 0.3) is 0 Å². The Labute approximate surface area is 98.2 Å². The van der Waals surface area contributed by atoms with Gasteiger partial charge >= 0.3 is 0 Å². The van der Waals surface area contributed by atoms with Crippen molar-refractivity contribution in [2.24, 2.45) is 5.92 Å². The second kappa shape index (κ2) is 4.29. The van der Waals surface area contributed by atoms with Gasteiger partial charge in [0, 0.05) is 12.1 Å². The lowest BCUT2D eigenvalue weighted by atomic mass is 9.75. The molecule has 1 aliphatic carbocycles. The predicted octanol–water partition coefficient (Wildman–Crippen LogP) is 3.58. The van der Waals surface area contributed by atoms with Crippen LogP contribution in [0.3, 0.4) is 0 Å². The summed E-state index contributed by atoms with van der Waals surface area (Å²) in [5, 5.41) is 3.56. The quantitative estimate of drug-likeness (QED) is 0.673. The highest BCUT2D eigenvalue weighted by Crippen LogP contribution is 2.45. The molecule has 0 aromatic rings. The van der Waals surface area contributed by atoms with Crippen molar-refractivity contribution in [2.45, 2.75) is 82.0 Å². The summed E-state index contributed by atoms with van der Waals surface area (Å²) in [5.74, 6) is 0.375. The van der Waals surface area contributed by atoms with Crippen molar-refractivity contribution in [2.75, 3.05) is 0 Å². The summed E-state index contributed by atoms with van der Waals surface area (Å²) in [5.41, 5.74) is -0.818. The monoisotopic (exact) mass is 225 g/mol. The van der Waals surface area contributed by atoms with Crippen molar-refractivity contribution in [1.82, 2.24) is 5.32 Å². The Bertz CT molecular complexity index is 233. The third kappa shape index (κ3) is 2.01. The lowest BCUT2D eigenvalue weighted by Crippen LogP contribution is -2.49. The van der Waals surface area contributed by atoms with Crippen LogP contribution in [0.2, 0.25) is 0 Å². The number of fused-ring (bicyclic) bond motifs is 2. The first-order valence-corrected chi connectivity index (χ1v) is 7.21. The van der Waals surface area contributed by atoms with E-state index in [0.29, 0.717) is 18.0 Å². The van der Waals surface area contributed by atoms with E-state index in [1.54, 1.807) is 0 Å². The number of rotatable bonds is 1. The van der Waals surface area contributed by atoms with Crippen molar-refractivity contribution in [3.63, 3.8) is 0 Å². The molecule has 1 nitrogen and oxygen atoms in total. The molecule has 2 heteroatoms. The van der Waals surface area contributed by atoms with Crippen LogP contribution in [0.4, 0.5) is 4.39 Å². The topological polar surface area (TPSA) is 12.0 Å². The van der Waals surface area contributed by atoms with Crippen LogP contribution >= 0.6 is 0 Å². The maximum absolute atomic E-state index is 15.1. The van der Waals surface area contributed by atoms with E-state index in [1.807, 2.05) is 0 Å². The van der Waals surface area contributed by atoms with Gasteiger partial charge in [0.1, 0.15) is 5.67 Å². The second-order valence-corrected chi connectivity index (χ2v) is 6.27. The summed E-state index contributed by atoms with van der Waals surface area (Å²) in [6.07, 6.45) is 11.5. The molecule has 0 aromatic carbocycles. The van der Waals surface area contributed by atoms with E-state index in [-0.39, 0.29) is 0 Å².